The molecule has 1 aliphatic heterocycles. The van der Waals surface area contributed by atoms with Crippen LogP contribution < -0.4 is 5.32 Å². The highest BCUT2D eigenvalue weighted by Crippen LogP contribution is 2.18. The second-order valence-electron chi connectivity index (χ2n) is 4.96. The standard InChI is InChI=1S/C13H27NO/c1-5-10(3)11(4)14-12-7-8-15-13(6-2)9-12/h10-14H,5-9H2,1-4H3. The Morgan fingerprint density at radius 2 is 2.07 bits per heavy atom. The zero-order valence-corrected chi connectivity index (χ0v) is 10.8. The predicted octanol–water partition coefficient (Wildman–Crippen LogP) is 2.97. The van der Waals surface area contributed by atoms with Crippen molar-refractivity contribution in [2.45, 2.75) is 71.6 Å². The zero-order valence-electron chi connectivity index (χ0n) is 10.8. The topological polar surface area (TPSA) is 21.3 Å². The molecule has 1 rings (SSSR count). The Kier molecular flexibility index (Phi) is 5.62. The zero-order chi connectivity index (χ0) is 11.3. The van der Waals surface area contributed by atoms with E-state index in [1.54, 1.807) is 0 Å². The minimum atomic E-state index is 0.486. The second-order valence-corrected chi connectivity index (χ2v) is 4.96. The molecule has 0 spiro atoms. The van der Waals surface area contributed by atoms with Gasteiger partial charge < -0.3 is 10.1 Å². The third kappa shape index (κ3) is 4.12. The summed E-state index contributed by atoms with van der Waals surface area (Å²) in [7, 11) is 0. The molecule has 15 heavy (non-hydrogen) atoms. The summed E-state index contributed by atoms with van der Waals surface area (Å²) >= 11 is 0. The van der Waals surface area contributed by atoms with Crippen molar-refractivity contribution in [3.8, 4) is 0 Å². The maximum Gasteiger partial charge on any atom is 0.0587 e. The lowest BCUT2D eigenvalue weighted by atomic mass is 9.96. The highest BCUT2D eigenvalue weighted by molar-refractivity contribution is 4.80. The van der Waals surface area contributed by atoms with Crippen molar-refractivity contribution in [2.75, 3.05) is 6.61 Å². The Morgan fingerprint density at radius 3 is 2.67 bits per heavy atom. The summed E-state index contributed by atoms with van der Waals surface area (Å²) in [5.41, 5.74) is 0. The minimum Gasteiger partial charge on any atom is -0.378 e. The Labute approximate surface area is 94.8 Å². The highest BCUT2D eigenvalue weighted by Gasteiger charge is 2.23. The fourth-order valence-electron chi connectivity index (χ4n) is 2.21. The fraction of sp³-hybridized carbons (Fsp3) is 1.00. The Balaban J connectivity index is 2.31. The molecule has 4 atom stereocenters. The predicted molar refractivity (Wildman–Crippen MR) is 65.1 cm³/mol. The molecule has 1 N–H and O–H groups in total. The van der Waals surface area contributed by atoms with Crippen LogP contribution in [0.15, 0.2) is 0 Å². The summed E-state index contributed by atoms with van der Waals surface area (Å²) in [5, 5.41) is 3.75. The van der Waals surface area contributed by atoms with Gasteiger partial charge in [0.05, 0.1) is 6.10 Å². The molecular formula is C13H27NO. The average molecular weight is 213 g/mol. The van der Waals surface area contributed by atoms with E-state index in [0.29, 0.717) is 18.2 Å². The molecule has 0 saturated carbocycles. The van der Waals surface area contributed by atoms with Gasteiger partial charge in [0.1, 0.15) is 0 Å². The number of ether oxygens (including phenoxy) is 1. The molecular weight excluding hydrogens is 186 g/mol. The third-order valence-corrected chi connectivity index (χ3v) is 3.82. The molecule has 0 aliphatic carbocycles. The molecule has 1 aliphatic rings. The molecule has 0 aromatic carbocycles. The van der Waals surface area contributed by atoms with Gasteiger partial charge in [-0.3, -0.25) is 0 Å². The van der Waals surface area contributed by atoms with Crippen molar-refractivity contribution in [1.82, 2.24) is 5.32 Å². The van der Waals surface area contributed by atoms with E-state index in [-0.39, 0.29) is 0 Å². The molecule has 1 fully saturated rings. The first-order chi connectivity index (χ1) is 7.17. The molecule has 0 radical (unpaired) electrons. The van der Waals surface area contributed by atoms with Gasteiger partial charge in [0.25, 0.3) is 0 Å². The van der Waals surface area contributed by atoms with Gasteiger partial charge in [-0.05, 0) is 32.1 Å². The van der Waals surface area contributed by atoms with Gasteiger partial charge in [0.2, 0.25) is 0 Å². The van der Waals surface area contributed by atoms with Crippen molar-refractivity contribution < 1.29 is 4.74 Å². The molecule has 2 heteroatoms. The number of nitrogens with one attached hydrogen (secondary N) is 1. The smallest absolute Gasteiger partial charge is 0.0587 e. The van der Waals surface area contributed by atoms with E-state index in [4.69, 9.17) is 4.74 Å². The van der Waals surface area contributed by atoms with Crippen LogP contribution in [0.5, 0.6) is 0 Å². The van der Waals surface area contributed by atoms with Crippen LogP contribution in [0, 0.1) is 5.92 Å². The van der Waals surface area contributed by atoms with Crippen molar-refractivity contribution in [1.29, 1.82) is 0 Å². The van der Waals surface area contributed by atoms with Gasteiger partial charge in [-0.2, -0.15) is 0 Å². The van der Waals surface area contributed by atoms with Crippen LogP contribution in [-0.2, 0) is 4.74 Å². The van der Waals surface area contributed by atoms with E-state index < -0.39 is 0 Å². The Hall–Kier alpha value is -0.0800. The van der Waals surface area contributed by atoms with Crippen LogP contribution in [0.1, 0.15) is 53.4 Å². The number of hydrogen-bond acceptors (Lipinski definition) is 2. The van der Waals surface area contributed by atoms with Gasteiger partial charge in [0, 0.05) is 18.7 Å². The summed E-state index contributed by atoms with van der Waals surface area (Å²) < 4.78 is 5.69. The molecule has 0 aromatic rings. The third-order valence-electron chi connectivity index (χ3n) is 3.82. The maximum atomic E-state index is 5.69. The van der Waals surface area contributed by atoms with Crippen LogP contribution in [-0.4, -0.2) is 24.8 Å². The van der Waals surface area contributed by atoms with E-state index in [0.717, 1.165) is 18.9 Å². The van der Waals surface area contributed by atoms with E-state index in [1.165, 1.54) is 19.3 Å². The monoisotopic (exact) mass is 213 g/mol. The highest BCUT2D eigenvalue weighted by atomic mass is 16.5. The first-order valence-electron chi connectivity index (χ1n) is 6.55. The SMILES string of the molecule is CCC1CC(NC(C)C(C)CC)CCO1. The Morgan fingerprint density at radius 1 is 1.33 bits per heavy atom. The summed E-state index contributed by atoms with van der Waals surface area (Å²) in [5.74, 6) is 0.771. The molecule has 0 aromatic heterocycles. The van der Waals surface area contributed by atoms with Crippen LogP contribution in [0.2, 0.25) is 0 Å². The molecule has 4 unspecified atom stereocenters. The molecule has 0 amide bonds. The first-order valence-corrected chi connectivity index (χ1v) is 6.55. The van der Waals surface area contributed by atoms with Crippen molar-refractivity contribution >= 4 is 0 Å². The quantitative estimate of drug-likeness (QED) is 0.758. The summed E-state index contributed by atoms with van der Waals surface area (Å²) in [6, 6.07) is 1.31. The fourth-order valence-corrected chi connectivity index (χ4v) is 2.21. The van der Waals surface area contributed by atoms with Crippen molar-refractivity contribution in [3.05, 3.63) is 0 Å². The number of hydrogen-bond donors (Lipinski definition) is 1. The molecule has 1 heterocycles. The molecule has 0 bridgehead atoms. The van der Waals surface area contributed by atoms with E-state index in [1.807, 2.05) is 0 Å². The summed E-state index contributed by atoms with van der Waals surface area (Å²) in [6.07, 6.45) is 5.26. The molecule has 90 valence electrons. The summed E-state index contributed by atoms with van der Waals surface area (Å²) in [4.78, 5) is 0. The van der Waals surface area contributed by atoms with Gasteiger partial charge in [-0.15, -0.1) is 0 Å². The first kappa shape index (κ1) is 13.0. The largest absolute Gasteiger partial charge is 0.378 e. The average Bonchev–Trinajstić information content (AvgIpc) is 2.28. The summed E-state index contributed by atoms with van der Waals surface area (Å²) in [6.45, 7) is 10.1. The lowest BCUT2D eigenvalue weighted by molar-refractivity contribution is -0.00269. The Bertz CT molecular complexity index is 172. The van der Waals surface area contributed by atoms with Crippen LogP contribution in [0.4, 0.5) is 0 Å². The second kappa shape index (κ2) is 6.49. The van der Waals surface area contributed by atoms with Gasteiger partial charge >= 0.3 is 0 Å². The lowest BCUT2D eigenvalue weighted by Gasteiger charge is -2.33. The van der Waals surface area contributed by atoms with E-state index >= 15 is 0 Å². The van der Waals surface area contributed by atoms with Crippen molar-refractivity contribution in [3.63, 3.8) is 0 Å². The van der Waals surface area contributed by atoms with Gasteiger partial charge in [-0.25, -0.2) is 0 Å². The maximum absolute atomic E-state index is 5.69. The van der Waals surface area contributed by atoms with Crippen molar-refractivity contribution in [2.24, 2.45) is 5.92 Å². The number of rotatable bonds is 5. The van der Waals surface area contributed by atoms with E-state index in [9.17, 15) is 0 Å². The van der Waals surface area contributed by atoms with Crippen LogP contribution in [0.3, 0.4) is 0 Å². The normalized spacial score (nSPS) is 31.2. The molecule has 2 nitrogen and oxygen atoms in total. The van der Waals surface area contributed by atoms with Gasteiger partial charge in [0.15, 0.2) is 0 Å². The minimum absolute atomic E-state index is 0.486. The molecule has 1 saturated heterocycles. The lowest BCUT2D eigenvalue weighted by Crippen LogP contribution is -2.45. The van der Waals surface area contributed by atoms with Gasteiger partial charge in [-0.1, -0.05) is 27.2 Å². The van der Waals surface area contributed by atoms with Crippen LogP contribution in [0.25, 0.3) is 0 Å². The van der Waals surface area contributed by atoms with E-state index in [2.05, 4.69) is 33.0 Å². The van der Waals surface area contributed by atoms with Crippen LogP contribution >= 0.6 is 0 Å².